The number of benzene rings is 2. The highest BCUT2D eigenvalue weighted by molar-refractivity contribution is 5.82. The molecule has 1 aliphatic heterocycles. The number of fused-ring (bicyclic) bond motifs is 2. The van der Waals surface area contributed by atoms with Crippen molar-refractivity contribution in [3.8, 4) is 22.8 Å². The first kappa shape index (κ1) is 11.8. The van der Waals surface area contributed by atoms with Crippen LogP contribution in [0, 0.1) is 0 Å². The third-order valence-corrected chi connectivity index (χ3v) is 3.56. The number of pyridine rings is 1. The van der Waals surface area contributed by atoms with Gasteiger partial charge in [-0.1, -0.05) is 12.1 Å². The predicted molar refractivity (Wildman–Crippen MR) is 77.0 cm³/mol. The molecular weight excluding hydrogens is 270 g/mol. The van der Waals surface area contributed by atoms with Gasteiger partial charge in [0.05, 0.1) is 11.2 Å². The number of para-hydroxylation sites is 1. The highest BCUT2D eigenvalue weighted by Gasteiger charge is 2.16. The standard InChI is InChI=1S/C16H11NO4/c18-14-8-13(17(19)12-4-2-1-3-11(12)14)10-5-6-15-16(7-10)21-9-20-15/h1-8,19H,9H2. The van der Waals surface area contributed by atoms with Crippen LogP contribution < -0.4 is 14.9 Å². The largest absolute Gasteiger partial charge is 0.454 e. The van der Waals surface area contributed by atoms with E-state index in [0.717, 1.165) is 4.73 Å². The fourth-order valence-electron chi connectivity index (χ4n) is 2.52. The first-order valence-electron chi connectivity index (χ1n) is 6.48. The van der Waals surface area contributed by atoms with Crippen LogP contribution in [0.15, 0.2) is 53.3 Å². The molecule has 2 aromatic carbocycles. The molecule has 4 rings (SSSR count). The van der Waals surface area contributed by atoms with E-state index >= 15 is 0 Å². The Morgan fingerprint density at radius 1 is 1.00 bits per heavy atom. The molecule has 0 bridgehead atoms. The van der Waals surface area contributed by atoms with E-state index in [4.69, 9.17) is 9.47 Å². The Hall–Kier alpha value is -2.95. The summed E-state index contributed by atoms with van der Waals surface area (Å²) < 4.78 is 11.6. The Kier molecular flexibility index (Phi) is 2.41. The molecule has 2 heterocycles. The average Bonchev–Trinajstić information content (AvgIpc) is 2.98. The van der Waals surface area contributed by atoms with Crippen molar-refractivity contribution in [2.45, 2.75) is 0 Å². The molecular formula is C16H11NO4. The molecule has 0 aliphatic carbocycles. The summed E-state index contributed by atoms with van der Waals surface area (Å²) in [4.78, 5) is 12.2. The molecule has 0 saturated carbocycles. The van der Waals surface area contributed by atoms with Gasteiger partial charge in [-0.15, -0.1) is 0 Å². The van der Waals surface area contributed by atoms with E-state index in [1.165, 1.54) is 6.07 Å². The number of nitrogens with zero attached hydrogens (tertiary/aromatic N) is 1. The van der Waals surface area contributed by atoms with Crippen LogP contribution in [-0.4, -0.2) is 16.7 Å². The van der Waals surface area contributed by atoms with Crippen LogP contribution >= 0.6 is 0 Å². The molecule has 0 radical (unpaired) electrons. The Bertz CT molecular complexity index is 914. The first-order valence-corrected chi connectivity index (χ1v) is 6.48. The zero-order valence-electron chi connectivity index (χ0n) is 10.9. The van der Waals surface area contributed by atoms with E-state index in [-0.39, 0.29) is 12.2 Å². The second-order valence-electron chi connectivity index (χ2n) is 4.79. The van der Waals surface area contributed by atoms with Gasteiger partial charge in [-0.05, 0) is 30.3 Å². The lowest BCUT2D eigenvalue weighted by Gasteiger charge is -2.11. The number of aromatic nitrogens is 1. The molecule has 0 spiro atoms. The highest BCUT2D eigenvalue weighted by Crippen LogP contribution is 2.35. The van der Waals surface area contributed by atoms with Gasteiger partial charge in [-0.3, -0.25) is 4.79 Å². The lowest BCUT2D eigenvalue weighted by Crippen LogP contribution is -2.09. The minimum Gasteiger partial charge on any atom is -0.454 e. The monoisotopic (exact) mass is 281 g/mol. The van der Waals surface area contributed by atoms with Crippen molar-refractivity contribution in [2.24, 2.45) is 0 Å². The molecule has 0 unspecified atom stereocenters. The number of rotatable bonds is 1. The van der Waals surface area contributed by atoms with Gasteiger partial charge < -0.3 is 14.7 Å². The van der Waals surface area contributed by atoms with Gasteiger partial charge in [-0.25, -0.2) is 0 Å². The SMILES string of the molecule is O=c1cc(-c2ccc3c(c2)OCO3)n(O)c2ccccc12. The van der Waals surface area contributed by atoms with Crippen molar-refractivity contribution in [1.29, 1.82) is 0 Å². The normalized spacial score (nSPS) is 12.8. The highest BCUT2D eigenvalue weighted by atomic mass is 16.7. The van der Waals surface area contributed by atoms with Gasteiger partial charge >= 0.3 is 0 Å². The molecule has 5 heteroatoms. The van der Waals surface area contributed by atoms with Crippen LogP contribution in [0.5, 0.6) is 11.5 Å². The van der Waals surface area contributed by atoms with Gasteiger partial charge in [0.2, 0.25) is 6.79 Å². The minimum atomic E-state index is -0.136. The molecule has 104 valence electrons. The molecule has 0 amide bonds. The summed E-state index contributed by atoms with van der Waals surface area (Å²) in [5, 5.41) is 10.9. The second kappa shape index (κ2) is 4.28. The van der Waals surface area contributed by atoms with Crippen molar-refractivity contribution in [1.82, 2.24) is 4.73 Å². The molecule has 0 saturated heterocycles. The van der Waals surface area contributed by atoms with Gasteiger partial charge in [0.15, 0.2) is 16.9 Å². The molecule has 0 fully saturated rings. The topological polar surface area (TPSA) is 60.7 Å². The average molecular weight is 281 g/mol. The van der Waals surface area contributed by atoms with Crippen LogP contribution in [0.25, 0.3) is 22.2 Å². The molecule has 21 heavy (non-hydrogen) atoms. The number of hydrogen-bond donors (Lipinski definition) is 1. The third-order valence-electron chi connectivity index (χ3n) is 3.56. The Morgan fingerprint density at radius 3 is 2.71 bits per heavy atom. The van der Waals surface area contributed by atoms with Crippen molar-refractivity contribution in [2.75, 3.05) is 6.79 Å². The minimum absolute atomic E-state index is 0.136. The maximum Gasteiger partial charge on any atom is 0.231 e. The summed E-state index contributed by atoms with van der Waals surface area (Å²) in [5.41, 5.74) is 1.43. The van der Waals surface area contributed by atoms with Crippen LogP contribution in [0.1, 0.15) is 0 Å². The lowest BCUT2D eigenvalue weighted by atomic mass is 10.1. The molecule has 3 aromatic rings. The second-order valence-corrected chi connectivity index (χ2v) is 4.79. The van der Waals surface area contributed by atoms with E-state index in [1.807, 2.05) is 0 Å². The zero-order valence-corrected chi connectivity index (χ0v) is 10.9. The van der Waals surface area contributed by atoms with E-state index in [2.05, 4.69) is 0 Å². The summed E-state index contributed by atoms with van der Waals surface area (Å²) in [7, 11) is 0. The summed E-state index contributed by atoms with van der Waals surface area (Å²) >= 11 is 0. The Morgan fingerprint density at radius 2 is 1.81 bits per heavy atom. The van der Waals surface area contributed by atoms with E-state index < -0.39 is 0 Å². The van der Waals surface area contributed by atoms with Crippen molar-refractivity contribution in [3.05, 3.63) is 58.8 Å². The predicted octanol–water partition coefficient (Wildman–Crippen LogP) is 2.63. The fourth-order valence-corrected chi connectivity index (χ4v) is 2.52. The van der Waals surface area contributed by atoms with Crippen LogP contribution in [-0.2, 0) is 0 Å². The maximum absolute atomic E-state index is 12.2. The maximum atomic E-state index is 12.2. The summed E-state index contributed by atoms with van der Waals surface area (Å²) in [6, 6.07) is 13.6. The fraction of sp³-hybridized carbons (Fsp3) is 0.0625. The van der Waals surface area contributed by atoms with Crippen molar-refractivity contribution < 1.29 is 14.7 Å². The van der Waals surface area contributed by atoms with E-state index in [0.29, 0.717) is 33.7 Å². The molecule has 1 N–H and O–H groups in total. The molecule has 1 aromatic heterocycles. The van der Waals surface area contributed by atoms with Crippen LogP contribution in [0.4, 0.5) is 0 Å². The van der Waals surface area contributed by atoms with Crippen LogP contribution in [0.3, 0.4) is 0 Å². The van der Waals surface area contributed by atoms with E-state index in [9.17, 15) is 10.0 Å². The lowest BCUT2D eigenvalue weighted by molar-refractivity contribution is 0.174. The smallest absolute Gasteiger partial charge is 0.231 e. The number of ether oxygens (including phenoxy) is 2. The number of hydrogen-bond acceptors (Lipinski definition) is 4. The summed E-state index contributed by atoms with van der Waals surface area (Å²) in [5.74, 6) is 1.26. The van der Waals surface area contributed by atoms with Gasteiger partial charge in [0.1, 0.15) is 0 Å². The van der Waals surface area contributed by atoms with Gasteiger partial charge in [0.25, 0.3) is 0 Å². The summed E-state index contributed by atoms with van der Waals surface area (Å²) in [6.45, 7) is 0.183. The first-order chi connectivity index (χ1) is 10.2. The van der Waals surface area contributed by atoms with Crippen LogP contribution in [0.2, 0.25) is 0 Å². The van der Waals surface area contributed by atoms with Crippen molar-refractivity contribution in [3.63, 3.8) is 0 Å². The quantitative estimate of drug-likeness (QED) is 0.697. The van der Waals surface area contributed by atoms with E-state index in [1.54, 1.807) is 42.5 Å². The molecule has 1 aliphatic rings. The third kappa shape index (κ3) is 1.74. The molecule has 0 atom stereocenters. The van der Waals surface area contributed by atoms with Gasteiger partial charge in [-0.2, -0.15) is 4.73 Å². The summed E-state index contributed by atoms with van der Waals surface area (Å²) in [6.07, 6.45) is 0. The van der Waals surface area contributed by atoms with Gasteiger partial charge in [0, 0.05) is 17.0 Å². The zero-order chi connectivity index (χ0) is 14.4. The Labute approximate surface area is 119 Å². The molecule has 5 nitrogen and oxygen atoms in total. The van der Waals surface area contributed by atoms with Crippen molar-refractivity contribution >= 4 is 10.9 Å². The Balaban J connectivity index is 1.99.